The Bertz CT molecular complexity index is 229. The van der Waals surface area contributed by atoms with Crippen LogP contribution in [0.3, 0.4) is 0 Å². The van der Waals surface area contributed by atoms with E-state index < -0.39 is 0 Å². The monoisotopic (exact) mass is 139 g/mol. The number of rotatable bonds is 2. The number of hydrogen-bond acceptors (Lipinski definition) is 3. The molecule has 0 bridgehead atoms. The Morgan fingerprint density at radius 3 is 3.20 bits per heavy atom. The molecule has 1 heterocycles. The lowest BCUT2D eigenvalue weighted by atomic mass is 10.4. The standard InChI is InChI=1S/C6H9N3O/c1-2-9-5-6(3-7-9)4-8-10/h3-5,10H,2H2,1H3. The Morgan fingerprint density at radius 2 is 2.70 bits per heavy atom. The molecule has 0 fully saturated rings. The Balaban J connectivity index is 2.78. The maximum absolute atomic E-state index is 8.13. The van der Waals surface area contributed by atoms with E-state index in [9.17, 15) is 0 Å². The number of oxime groups is 1. The summed E-state index contributed by atoms with van der Waals surface area (Å²) in [6, 6.07) is 0. The maximum Gasteiger partial charge on any atom is 0.0765 e. The Labute approximate surface area is 58.8 Å². The summed E-state index contributed by atoms with van der Waals surface area (Å²) in [6.45, 7) is 2.83. The predicted octanol–water partition coefficient (Wildman–Crippen LogP) is 0.711. The third kappa shape index (κ3) is 1.34. The molecule has 10 heavy (non-hydrogen) atoms. The largest absolute Gasteiger partial charge is 0.411 e. The number of aromatic nitrogens is 2. The minimum atomic E-state index is 0.810. The molecule has 0 aliphatic rings. The molecule has 4 heteroatoms. The van der Waals surface area contributed by atoms with Crippen molar-refractivity contribution in [3.8, 4) is 0 Å². The highest BCUT2D eigenvalue weighted by Crippen LogP contribution is 1.92. The van der Waals surface area contributed by atoms with Gasteiger partial charge in [-0.15, -0.1) is 0 Å². The molecule has 0 spiro atoms. The zero-order chi connectivity index (χ0) is 7.40. The summed E-state index contributed by atoms with van der Waals surface area (Å²) in [6.07, 6.45) is 4.79. The fraction of sp³-hybridized carbons (Fsp3) is 0.333. The van der Waals surface area contributed by atoms with Crippen LogP contribution < -0.4 is 0 Å². The van der Waals surface area contributed by atoms with Gasteiger partial charge in [0.25, 0.3) is 0 Å². The molecule has 1 aromatic heterocycles. The summed E-state index contributed by atoms with van der Waals surface area (Å²) in [5.41, 5.74) is 0.810. The lowest BCUT2D eigenvalue weighted by molar-refractivity contribution is 0.322. The fourth-order valence-electron chi connectivity index (χ4n) is 0.686. The van der Waals surface area contributed by atoms with E-state index in [-0.39, 0.29) is 0 Å². The summed E-state index contributed by atoms with van der Waals surface area (Å²) >= 11 is 0. The molecule has 0 radical (unpaired) electrons. The van der Waals surface area contributed by atoms with Gasteiger partial charge in [-0.1, -0.05) is 5.16 Å². The van der Waals surface area contributed by atoms with E-state index >= 15 is 0 Å². The van der Waals surface area contributed by atoms with Crippen molar-refractivity contribution < 1.29 is 5.21 Å². The van der Waals surface area contributed by atoms with Crippen molar-refractivity contribution in [2.24, 2.45) is 5.16 Å². The van der Waals surface area contributed by atoms with Crippen LogP contribution in [-0.4, -0.2) is 21.2 Å². The van der Waals surface area contributed by atoms with Crippen LogP contribution >= 0.6 is 0 Å². The first kappa shape index (κ1) is 6.80. The van der Waals surface area contributed by atoms with E-state index in [1.165, 1.54) is 6.21 Å². The van der Waals surface area contributed by atoms with Gasteiger partial charge < -0.3 is 5.21 Å². The van der Waals surface area contributed by atoms with Gasteiger partial charge in [0.1, 0.15) is 0 Å². The van der Waals surface area contributed by atoms with Gasteiger partial charge in [0.15, 0.2) is 0 Å². The average molecular weight is 139 g/mol. The van der Waals surface area contributed by atoms with Crippen LogP contribution in [0, 0.1) is 0 Å². The second-order valence-corrected chi connectivity index (χ2v) is 1.87. The smallest absolute Gasteiger partial charge is 0.0765 e. The fourth-order valence-corrected chi connectivity index (χ4v) is 0.686. The van der Waals surface area contributed by atoms with Crippen molar-refractivity contribution in [1.29, 1.82) is 0 Å². The molecule has 1 rings (SSSR count). The molecule has 0 saturated heterocycles. The minimum Gasteiger partial charge on any atom is -0.411 e. The number of aryl methyl sites for hydroxylation is 1. The Kier molecular flexibility index (Phi) is 2.04. The zero-order valence-electron chi connectivity index (χ0n) is 5.73. The molecule has 0 saturated carbocycles. The van der Waals surface area contributed by atoms with Crippen LogP contribution in [0.1, 0.15) is 12.5 Å². The molecule has 54 valence electrons. The molecule has 1 aromatic rings. The van der Waals surface area contributed by atoms with Gasteiger partial charge in [0.05, 0.1) is 12.4 Å². The van der Waals surface area contributed by atoms with Gasteiger partial charge in [0, 0.05) is 18.3 Å². The van der Waals surface area contributed by atoms with Crippen molar-refractivity contribution in [2.75, 3.05) is 0 Å². The highest BCUT2D eigenvalue weighted by Gasteiger charge is 1.91. The van der Waals surface area contributed by atoms with E-state index in [2.05, 4.69) is 10.3 Å². The van der Waals surface area contributed by atoms with Crippen molar-refractivity contribution in [3.63, 3.8) is 0 Å². The van der Waals surface area contributed by atoms with Crippen LogP contribution in [-0.2, 0) is 6.54 Å². The minimum absolute atomic E-state index is 0.810. The highest BCUT2D eigenvalue weighted by molar-refractivity contribution is 5.77. The second-order valence-electron chi connectivity index (χ2n) is 1.87. The number of nitrogens with zero attached hydrogens (tertiary/aromatic N) is 3. The molecule has 0 amide bonds. The van der Waals surface area contributed by atoms with E-state index in [0.717, 1.165) is 12.1 Å². The number of hydrogen-bond donors (Lipinski definition) is 1. The van der Waals surface area contributed by atoms with Crippen LogP contribution in [0.5, 0.6) is 0 Å². The van der Waals surface area contributed by atoms with Crippen molar-refractivity contribution >= 4 is 6.21 Å². The van der Waals surface area contributed by atoms with Crippen molar-refractivity contribution in [3.05, 3.63) is 18.0 Å². The lowest BCUT2D eigenvalue weighted by Crippen LogP contribution is -1.92. The summed E-state index contributed by atoms with van der Waals surface area (Å²) in [4.78, 5) is 0. The third-order valence-corrected chi connectivity index (χ3v) is 1.18. The quantitative estimate of drug-likeness (QED) is 0.372. The third-order valence-electron chi connectivity index (χ3n) is 1.18. The zero-order valence-corrected chi connectivity index (χ0v) is 5.73. The van der Waals surface area contributed by atoms with Gasteiger partial charge in [0.2, 0.25) is 0 Å². The van der Waals surface area contributed by atoms with Crippen LogP contribution in [0.2, 0.25) is 0 Å². The normalized spacial score (nSPS) is 10.9. The highest BCUT2D eigenvalue weighted by atomic mass is 16.4. The predicted molar refractivity (Wildman–Crippen MR) is 37.3 cm³/mol. The summed E-state index contributed by atoms with van der Waals surface area (Å²) in [7, 11) is 0. The summed E-state index contributed by atoms with van der Waals surface area (Å²) in [5, 5.41) is 15.0. The van der Waals surface area contributed by atoms with Crippen molar-refractivity contribution in [1.82, 2.24) is 9.78 Å². The molecule has 0 atom stereocenters. The molecule has 4 nitrogen and oxygen atoms in total. The van der Waals surface area contributed by atoms with E-state index in [1.54, 1.807) is 17.1 Å². The summed E-state index contributed by atoms with van der Waals surface area (Å²) in [5.74, 6) is 0. The van der Waals surface area contributed by atoms with Crippen LogP contribution in [0.4, 0.5) is 0 Å². The second kappa shape index (κ2) is 3.00. The van der Waals surface area contributed by atoms with Gasteiger partial charge in [-0.2, -0.15) is 5.10 Å². The van der Waals surface area contributed by atoms with E-state index in [1.807, 2.05) is 6.92 Å². The molecule has 0 aromatic carbocycles. The van der Waals surface area contributed by atoms with E-state index in [4.69, 9.17) is 5.21 Å². The maximum atomic E-state index is 8.13. The molecular weight excluding hydrogens is 130 g/mol. The van der Waals surface area contributed by atoms with Gasteiger partial charge in [-0.3, -0.25) is 4.68 Å². The first-order chi connectivity index (χ1) is 4.86. The SMILES string of the molecule is CCn1cc(C=NO)cn1. The van der Waals surface area contributed by atoms with Crippen LogP contribution in [0.25, 0.3) is 0 Å². The molecule has 1 N–H and O–H groups in total. The first-order valence-corrected chi connectivity index (χ1v) is 3.06. The lowest BCUT2D eigenvalue weighted by Gasteiger charge is -1.88. The topological polar surface area (TPSA) is 50.4 Å². The molecule has 0 aliphatic heterocycles. The summed E-state index contributed by atoms with van der Waals surface area (Å²) < 4.78 is 1.76. The Hall–Kier alpha value is -1.32. The van der Waals surface area contributed by atoms with Gasteiger partial charge in [-0.25, -0.2) is 0 Å². The molecular formula is C6H9N3O. The molecule has 0 aliphatic carbocycles. The van der Waals surface area contributed by atoms with E-state index in [0.29, 0.717) is 0 Å². The van der Waals surface area contributed by atoms with Gasteiger partial charge in [-0.05, 0) is 6.92 Å². The molecule has 0 unspecified atom stereocenters. The first-order valence-electron chi connectivity index (χ1n) is 3.06. The Morgan fingerprint density at radius 1 is 1.90 bits per heavy atom. The average Bonchev–Trinajstić information content (AvgIpc) is 2.37. The van der Waals surface area contributed by atoms with Crippen molar-refractivity contribution in [2.45, 2.75) is 13.5 Å². The van der Waals surface area contributed by atoms with Gasteiger partial charge >= 0.3 is 0 Å². The van der Waals surface area contributed by atoms with Crippen LogP contribution in [0.15, 0.2) is 17.5 Å².